The molecular weight excluding hydrogens is 314 g/mol. The molecule has 0 amide bonds. The van der Waals surface area contributed by atoms with Gasteiger partial charge in [-0.15, -0.1) is 0 Å². The first kappa shape index (κ1) is 13.9. The molecule has 2 fully saturated rings. The predicted molar refractivity (Wildman–Crippen MR) is 85.2 cm³/mol. The molecule has 2 aliphatic rings. The van der Waals surface area contributed by atoms with Crippen LogP contribution in [-0.2, 0) is 5.33 Å². The lowest BCUT2D eigenvalue weighted by molar-refractivity contribution is 0.260. The summed E-state index contributed by atoms with van der Waals surface area (Å²) in [5.74, 6) is 0. The van der Waals surface area contributed by atoms with Gasteiger partial charge in [0.05, 0.1) is 11.3 Å². The molecule has 4 heteroatoms. The van der Waals surface area contributed by atoms with Crippen molar-refractivity contribution < 1.29 is 0 Å². The molecule has 0 N–H and O–H groups in total. The number of alkyl halides is 1. The Morgan fingerprint density at radius 2 is 2.05 bits per heavy atom. The van der Waals surface area contributed by atoms with Crippen molar-refractivity contribution in [3.05, 3.63) is 29.3 Å². The zero-order valence-corrected chi connectivity index (χ0v) is 13.3. The maximum absolute atomic E-state index is 9.37. The number of nitriles is 1. The van der Waals surface area contributed by atoms with Gasteiger partial charge in [-0.25, -0.2) is 0 Å². The van der Waals surface area contributed by atoms with E-state index in [1.807, 2.05) is 6.07 Å². The number of likely N-dealkylation sites (tertiary alicyclic amines) is 1. The van der Waals surface area contributed by atoms with Crippen LogP contribution in [0.4, 0.5) is 5.69 Å². The molecule has 0 aromatic heterocycles. The molecule has 20 heavy (non-hydrogen) atoms. The van der Waals surface area contributed by atoms with Gasteiger partial charge in [0.25, 0.3) is 0 Å². The van der Waals surface area contributed by atoms with E-state index in [9.17, 15) is 5.26 Å². The van der Waals surface area contributed by atoms with Gasteiger partial charge in [0.1, 0.15) is 6.07 Å². The highest BCUT2D eigenvalue weighted by molar-refractivity contribution is 9.08. The lowest BCUT2D eigenvalue weighted by Gasteiger charge is -2.25. The number of hydrogen-bond acceptors (Lipinski definition) is 3. The maximum atomic E-state index is 9.37. The fourth-order valence-electron chi connectivity index (χ4n) is 3.40. The monoisotopic (exact) mass is 333 g/mol. The molecule has 0 aliphatic carbocycles. The molecule has 106 valence electrons. The van der Waals surface area contributed by atoms with Crippen LogP contribution in [0.25, 0.3) is 0 Å². The zero-order valence-electron chi connectivity index (χ0n) is 11.7. The Labute approximate surface area is 129 Å². The summed E-state index contributed by atoms with van der Waals surface area (Å²) in [6.07, 6.45) is 3.92. The van der Waals surface area contributed by atoms with Crippen LogP contribution in [-0.4, -0.2) is 37.1 Å². The number of benzene rings is 1. The average Bonchev–Trinajstić information content (AvgIpc) is 3.17. The minimum absolute atomic E-state index is 0.680. The molecular formula is C16H20BrN3. The van der Waals surface area contributed by atoms with Gasteiger partial charge in [-0.3, -0.25) is 4.90 Å². The number of hydrogen-bond donors (Lipinski definition) is 0. The van der Waals surface area contributed by atoms with Crippen LogP contribution in [0.3, 0.4) is 0 Å². The molecule has 2 heterocycles. The quantitative estimate of drug-likeness (QED) is 0.796. The van der Waals surface area contributed by atoms with Crippen molar-refractivity contribution >= 4 is 21.6 Å². The molecule has 0 saturated carbocycles. The third-order valence-electron chi connectivity index (χ3n) is 4.50. The van der Waals surface area contributed by atoms with Crippen molar-refractivity contribution in [3.63, 3.8) is 0 Å². The fraction of sp³-hybridized carbons (Fsp3) is 0.562. The molecule has 0 bridgehead atoms. The number of nitrogens with zero attached hydrogens (tertiary/aromatic N) is 3. The Morgan fingerprint density at radius 3 is 2.75 bits per heavy atom. The Bertz CT molecular complexity index is 517. The maximum Gasteiger partial charge on any atom is 0.101 e. The molecule has 2 saturated heterocycles. The molecule has 1 aromatic rings. The summed E-state index contributed by atoms with van der Waals surface area (Å²) >= 11 is 3.45. The second-order valence-electron chi connectivity index (χ2n) is 5.73. The van der Waals surface area contributed by atoms with Gasteiger partial charge in [-0.2, -0.15) is 5.26 Å². The summed E-state index contributed by atoms with van der Waals surface area (Å²) in [7, 11) is 0. The number of rotatable bonds is 3. The second kappa shape index (κ2) is 6.15. The van der Waals surface area contributed by atoms with Crippen molar-refractivity contribution in [1.82, 2.24) is 4.90 Å². The standard InChI is InChI=1S/C16H20BrN3/c17-10-13-3-4-16(14(9-13)11-18)20-8-5-15(12-20)19-6-1-2-7-19/h3-4,9,15H,1-2,5-8,10,12H2. The second-order valence-corrected chi connectivity index (χ2v) is 6.29. The van der Waals surface area contributed by atoms with Crippen molar-refractivity contribution in [3.8, 4) is 6.07 Å². The van der Waals surface area contributed by atoms with Crippen LogP contribution in [0.1, 0.15) is 30.4 Å². The van der Waals surface area contributed by atoms with Crippen LogP contribution in [0.5, 0.6) is 0 Å². The normalized spacial score (nSPS) is 23.2. The summed E-state index contributed by atoms with van der Waals surface area (Å²) in [5, 5.41) is 10.2. The first-order valence-electron chi connectivity index (χ1n) is 7.40. The minimum atomic E-state index is 0.680. The molecule has 0 spiro atoms. The summed E-state index contributed by atoms with van der Waals surface area (Å²) in [4.78, 5) is 5.01. The van der Waals surface area contributed by atoms with Crippen LogP contribution in [0.15, 0.2) is 18.2 Å². The van der Waals surface area contributed by atoms with Crippen LogP contribution in [0, 0.1) is 11.3 Å². The molecule has 0 radical (unpaired) electrons. The van der Waals surface area contributed by atoms with Crippen molar-refractivity contribution in [2.45, 2.75) is 30.6 Å². The van der Waals surface area contributed by atoms with E-state index in [0.29, 0.717) is 6.04 Å². The van der Waals surface area contributed by atoms with E-state index in [-0.39, 0.29) is 0 Å². The summed E-state index contributed by atoms with van der Waals surface area (Å²) < 4.78 is 0. The Kier molecular flexibility index (Phi) is 4.28. The van der Waals surface area contributed by atoms with Gasteiger partial charge in [-0.05, 0) is 50.0 Å². The van der Waals surface area contributed by atoms with E-state index in [0.717, 1.165) is 29.7 Å². The first-order chi connectivity index (χ1) is 9.81. The third-order valence-corrected chi connectivity index (χ3v) is 5.14. The van der Waals surface area contributed by atoms with Crippen molar-refractivity contribution in [2.24, 2.45) is 0 Å². The lowest BCUT2D eigenvalue weighted by atomic mass is 10.1. The van der Waals surface area contributed by atoms with E-state index in [1.165, 1.54) is 37.9 Å². The topological polar surface area (TPSA) is 30.3 Å². The smallest absolute Gasteiger partial charge is 0.101 e. The van der Waals surface area contributed by atoms with E-state index < -0.39 is 0 Å². The van der Waals surface area contributed by atoms with Gasteiger partial charge in [-0.1, -0.05) is 22.0 Å². The summed E-state index contributed by atoms with van der Waals surface area (Å²) in [6, 6.07) is 9.27. The van der Waals surface area contributed by atoms with E-state index in [1.54, 1.807) is 0 Å². The van der Waals surface area contributed by atoms with Gasteiger partial charge < -0.3 is 4.90 Å². The van der Waals surface area contributed by atoms with E-state index >= 15 is 0 Å². The summed E-state index contributed by atoms with van der Waals surface area (Å²) in [6.45, 7) is 4.66. The highest BCUT2D eigenvalue weighted by Crippen LogP contribution is 2.28. The lowest BCUT2D eigenvalue weighted by Crippen LogP contribution is -2.35. The highest BCUT2D eigenvalue weighted by atomic mass is 79.9. The fourth-order valence-corrected chi connectivity index (χ4v) is 3.75. The van der Waals surface area contributed by atoms with Crippen LogP contribution >= 0.6 is 15.9 Å². The number of halogens is 1. The van der Waals surface area contributed by atoms with E-state index in [2.05, 4.69) is 43.9 Å². The van der Waals surface area contributed by atoms with Crippen molar-refractivity contribution in [1.29, 1.82) is 5.26 Å². The molecule has 2 aliphatic heterocycles. The van der Waals surface area contributed by atoms with E-state index in [4.69, 9.17) is 0 Å². The van der Waals surface area contributed by atoms with Gasteiger partial charge in [0, 0.05) is 24.5 Å². The van der Waals surface area contributed by atoms with Gasteiger partial charge in [0.15, 0.2) is 0 Å². The Balaban J connectivity index is 1.75. The van der Waals surface area contributed by atoms with Crippen molar-refractivity contribution in [2.75, 3.05) is 31.1 Å². The minimum Gasteiger partial charge on any atom is -0.369 e. The summed E-state index contributed by atoms with van der Waals surface area (Å²) in [5.41, 5.74) is 3.09. The molecule has 1 aromatic carbocycles. The predicted octanol–water partition coefficient (Wildman–Crippen LogP) is 3.13. The van der Waals surface area contributed by atoms with Crippen LogP contribution < -0.4 is 4.90 Å². The largest absolute Gasteiger partial charge is 0.369 e. The molecule has 1 unspecified atom stereocenters. The van der Waals surface area contributed by atoms with Crippen LogP contribution in [0.2, 0.25) is 0 Å². The zero-order chi connectivity index (χ0) is 13.9. The molecule has 3 nitrogen and oxygen atoms in total. The Hall–Kier alpha value is -1.05. The van der Waals surface area contributed by atoms with Gasteiger partial charge in [0.2, 0.25) is 0 Å². The average molecular weight is 334 g/mol. The SMILES string of the molecule is N#Cc1cc(CBr)ccc1N1CCC(N2CCCC2)C1. The molecule has 1 atom stereocenters. The third kappa shape index (κ3) is 2.70. The molecule has 3 rings (SSSR count). The number of anilines is 1. The van der Waals surface area contributed by atoms with Gasteiger partial charge >= 0.3 is 0 Å². The Morgan fingerprint density at radius 1 is 1.25 bits per heavy atom. The highest BCUT2D eigenvalue weighted by Gasteiger charge is 2.30. The first-order valence-corrected chi connectivity index (χ1v) is 8.52.